The number of aryl methyl sites for hydroxylation is 2. The SMILES string of the molecule is Cc1cccc(N2CCN(Cc3nnc(-c4c(-c5ccccc5)noc4C)o3)CC2)c1. The van der Waals surface area contributed by atoms with Gasteiger partial charge in [0, 0.05) is 37.4 Å². The predicted octanol–water partition coefficient (Wildman–Crippen LogP) is 4.33. The Morgan fingerprint density at radius 3 is 2.48 bits per heavy atom. The Kier molecular flexibility index (Phi) is 5.26. The number of anilines is 1. The van der Waals surface area contributed by atoms with Gasteiger partial charge in [0.15, 0.2) is 0 Å². The van der Waals surface area contributed by atoms with Crippen LogP contribution in [0, 0.1) is 13.8 Å². The van der Waals surface area contributed by atoms with Gasteiger partial charge in [0.2, 0.25) is 5.89 Å². The Balaban J connectivity index is 1.27. The fraction of sp³-hybridized carbons (Fsp3) is 0.292. The van der Waals surface area contributed by atoms with Gasteiger partial charge in [0.1, 0.15) is 17.0 Å². The molecule has 0 spiro atoms. The van der Waals surface area contributed by atoms with E-state index in [0.717, 1.165) is 43.0 Å². The van der Waals surface area contributed by atoms with Gasteiger partial charge in [0.25, 0.3) is 5.89 Å². The largest absolute Gasteiger partial charge is 0.419 e. The number of rotatable bonds is 5. The van der Waals surface area contributed by atoms with Crippen molar-refractivity contribution >= 4 is 5.69 Å². The second-order valence-corrected chi connectivity index (χ2v) is 7.93. The van der Waals surface area contributed by atoms with Gasteiger partial charge >= 0.3 is 0 Å². The first kappa shape index (κ1) is 19.5. The van der Waals surface area contributed by atoms with Crippen LogP contribution in [0.3, 0.4) is 0 Å². The Bertz CT molecular complexity index is 1160. The molecular weight excluding hydrogens is 390 g/mol. The molecule has 1 aliphatic heterocycles. The molecule has 158 valence electrons. The summed E-state index contributed by atoms with van der Waals surface area (Å²) >= 11 is 0. The van der Waals surface area contributed by atoms with Gasteiger partial charge in [0.05, 0.1) is 6.54 Å². The van der Waals surface area contributed by atoms with E-state index in [-0.39, 0.29) is 0 Å². The van der Waals surface area contributed by atoms with Crippen molar-refractivity contribution in [1.29, 1.82) is 0 Å². The number of piperazine rings is 1. The Hall–Kier alpha value is -3.45. The highest BCUT2D eigenvalue weighted by Gasteiger charge is 2.24. The summed E-state index contributed by atoms with van der Waals surface area (Å²) in [6.07, 6.45) is 0. The first-order chi connectivity index (χ1) is 15.2. The van der Waals surface area contributed by atoms with E-state index in [0.29, 0.717) is 24.1 Å². The van der Waals surface area contributed by atoms with E-state index in [4.69, 9.17) is 8.94 Å². The molecule has 31 heavy (non-hydrogen) atoms. The van der Waals surface area contributed by atoms with Crippen molar-refractivity contribution < 1.29 is 8.94 Å². The van der Waals surface area contributed by atoms with Crippen molar-refractivity contribution in [3.63, 3.8) is 0 Å². The van der Waals surface area contributed by atoms with Gasteiger partial charge in [-0.15, -0.1) is 10.2 Å². The van der Waals surface area contributed by atoms with Gasteiger partial charge in [-0.25, -0.2) is 0 Å². The van der Waals surface area contributed by atoms with Crippen LogP contribution in [0.4, 0.5) is 5.69 Å². The Labute approximate surface area is 181 Å². The lowest BCUT2D eigenvalue weighted by atomic mass is 10.1. The van der Waals surface area contributed by atoms with Crippen molar-refractivity contribution in [3.05, 3.63) is 71.8 Å². The highest BCUT2D eigenvalue weighted by molar-refractivity contribution is 5.77. The first-order valence-electron chi connectivity index (χ1n) is 10.6. The van der Waals surface area contributed by atoms with E-state index in [1.165, 1.54) is 11.3 Å². The van der Waals surface area contributed by atoms with E-state index >= 15 is 0 Å². The van der Waals surface area contributed by atoms with E-state index in [9.17, 15) is 0 Å². The summed E-state index contributed by atoms with van der Waals surface area (Å²) in [6, 6.07) is 18.6. The molecule has 7 heteroatoms. The number of aromatic nitrogens is 3. The number of hydrogen-bond donors (Lipinski definition) is 0. The summed E-state index contributed by atoms with van der Waals surface area (Å²) < 4.78 is 11.5. The second kappa shape index (κ2) is 8.35. The Morgan fingerprint density at radius 2 is 1.71 bits per heavy atom. The van der Waals surface area contributed by atoms with Crippen LogP contribution in [0.2, 0.25) is 0 Å². The minimum absolute atomic E-state index is 0.450. The van der Waals surface area contributed by atoms with Crippen LogP contribution in [0.25, 0.3) is 22.7 Å². The predicted molar refractivity (Wildman–Crippen MR) is 119 cm³/mol. The van der Waals surface area contributed by atoms with E-state index in [1.54, 1.807) is 0 Å². The third kappa shape index (κ3) is 4.09. The van der Waals surface area contributed by atoms with Crippen molar-refractivity contribution in [2.75, 3.05) is 31.1 Å². The van der Waals surface area contributed by atoms with Crippen LogP contribution < -0.4 is 4.90 Å². The van der Waals surface area contributed by atoms with Gasteiger partial charge in [-0.1, -0.05) is 47.6 Å². The molecule has 2 aromatic heterocycles. The molecule has 2 aromatic carbocycles. The quantitative estimate of drug-likeness (QED) is 0.480. The zero-order chi connectivity index (χ0) is 21.2. The molecule has 1 fully saturated rings. The lowest BCUT2D eigenvalue weighted by Gasteiger charge is -2.35. The summed E-state index contributed by atoms with van der Waals surface area (Å²) in [5, 5.41) is 12.8. The van der Waals surface area contributed by atoms with Crippen LogP contribution in [0.15, 0.2) is 63.5 Å². The molecule has 7 nitrogen and oxygen atoms in total. The maximum atomic E-state index is 6.02. The maximum absolute atomic E-state index is 6.02. The molecular formula is C24H25N5O2. The van der Waals surface area contributed by atoms with Crippen LogP contribution in [-0.4, -0.2) is 46.4 Å². The van der Waals surface area contributed by atoms with Gasteiger partial charge in [-0.05, 0) is 31.5 Å². The smallest absolute Gasteiger partial charge is 0.253 e. The second-order valence-electron chi connectivity index (χ2n) is 7.93. The molecule has 0 radical (unpaired) electrons. The summed E-state index contributed by atoms with van der Waals surface area (Å²) in [6.45, 7) is 8.50. The molecule has 1 saturated heterocycles. The number of hydrogen-bond acceptors (Lipinski definition) is 7. The minimum Gasteiger partial charge on any atom is -0.419 e. The van der Waals surface area contributed by atoms with E-state index in [2.05, 4.69) is 56.3 Å². The third-order valence-corrected chi connectivity index (χ3v) is 5.69. The van der Waals surface area contributed by atoms with Crippen molar-refractivity contribution in [2.24, 2.45) is 0 Å². The molecule has 4 aromatic rings. The first-order valence-corrected chi connectivity index (χ1v) is 10.6. The molecule has 0 saturated carbocycles. The van der Waals surface area contributed by atoms with Crippen LogP contribution in [0.5, 0.6) is 0 Å². The summed E-state index contributed by atoms with van der Waals surface area (Å²) in [7, 11) is 0. The Morgan fingerprint density at radius 1 is 0.903 bits per heavy atom. The lowest BCUT2D eigenvalue weighted by Crippen LogP contribution is -2.46. The summed E-state index contributed by atoms with van der Waals surface area (Å²) in [5.41, 5.74) is 5.02. The number of nitrogens with zero attached hydrogens (tertiary/aromatic N) is 5. The van der Waals surface area contributed by atoms with Crippen LogP contribution in [-0.2, 0) is 6.54 Å². The normalized spacial score (nSPS) is 14.8. The van der Waals surface area contributed by atoms with Gasteiger partial charge in [-0.2, -0.15) is 0 Å². The summed E-state index contributed by atoms with van der Waals surface area (Å²) in [4.78, 5) is 4.78. The molecule has 3 heterocycles. The van der Waals surface area contributed by atoms with Crippen molar-refractivity contribution in [3.8, 4) is 22.7 Å². The molecule has 0 bridgehead atoms. The fourth-order valence-corrected chi connectivity index (χ4v) is 4.02. The van der Waals surface area contributed by atoms with Crippen molar-refractivity contribution in [1.82, 2.24) is 20.3 Å². The van der Waals surface area contributed by atoms with Crippen LogP contribution >= 0.6 is 0 Å². The van der Waals surface area contributed by atoms with Gasteiger partial charge in [-0.3, -0.25) is 4.90 Å². The average Bonchev–Trinajstić information content (AvgIpc) is 3.41. The van der Waals surface area contributed by atoms with Gasteiger partial charge < -0.3 is 13.8 Å². The number of benzene rings is 2. The molecule has 0 unspecified atom stereocenters. The standard InChI is InChI=1S/C24H25N5O2/c1-17-7-6-10-20(15-17)29-13-11-28(12-14-29)16-21-25-26-24(30-21)22-18(2)31-27-23(22)19-8-4-3-5-9-19/h3-10,15H,11-14,16H2,1-2H3. The maximum Gasteiger partial charge on any atom is 0.253 e. The molecule has 0 N–H and O–H groups in total. The van der Waals surface area contributed by atoms with E-state index < -0.39 is 0 Å². The molecule has 5 rings (SSSR count). The zero-order valence-corrected chi connectivity index (χ0v) is 17.8. The zero-order valence-electron chi connectivity index (χ0n) is 17.8. The molecule has 0 aliphatic carbocycles. The topological polar surface area (TPSA) is 71.4 Å². The fourth-order valence-electron chi connectivity index (χ4n) is 4.02. The van der Waals surface area contributed by atoms with Crippen LogP contribution in [0.1, 0.15) is 17.2 Å². The van der Waals surface area contributed by atoms with Crippen molar-refractivity contribution in [2.45, 2.75) is 20.4 Å². The highest BCUT2D eigenvalue weighted by atomic mass is 16.5. The minimum atomic E-state index is 0.450. The monoisotopic (exact) mass is 415 g/mol. The lowest BCUT2D eigenvalue weighted by molar-refractivity contribution is 0.227. The third-order valence-electron chi connectivity index (χ3n) is 5.69. The van der Waals surface area contributed by atoms with E-state index in [1.807, 2.05) is 37.3 Å². The average molecular weight is 415 g/mol. The molecule has 0 amide bonds. The summed E-state index contributed by atoms with van der Waals surface area (Å²) in [5.74, 6) is 1.73. The highest BCUT2D eigenvalue weighted by Crippen LogP contribution is 2.33. The molecule has 1 aliphatic rings. The molecule has 0 atom stereocenters.